The number of aromatic nitrogens is 1. The SMILES string of the molecule is Cc1cc(Br)ccc1NC(=O)CN(C)C(=O)c1ccc2ncsc2c1. The van der Waals surface area contributed by atoms with Crippen LogP contribution in [0.5, 0.6) is 0 Å². The first-order chi connectivity index (χ1) is 11.9. The molecule has 1 aromatic heterocycles. The third kappa shape index (κ3) is 4.05. The minimum Gasteiger partial charge on any atom is -0.332 e. The van der Waals surface area contributed by atoms with Crippen LogP contribution >= 0.6 is 27.3 Å². The number of carbonyl (C=O) groups is 2. The predicted molar refractivity (Wildman–Crippen MR) is 104 cm³/mol. The summed E-state index contributed by atoms with van der Waals surface area (Å²) in [7, 11) is 1.62. The zero-order valence-electron chi connectivity index (χ0n) is 13.7. The minimum atomic E-state index is -0.236. The van der Waals surface area contributed by atoms with Gasteiger partial charge in [-0.25, -0.2) is 4.98 Å². The number of hydrogen-bond donors (Lipinski definition) is 1. The van der Waals surface area contributed by atoms with E-state index in [-0.39, 0.29) is 18.4 Å². The standard InChI is InChI=1S/C18H16BrN3O2S/c1-11-7-13(19)4-6-14(11)21-17(23)9-22(2)18(24)12-3-5-15-16(8-12)25-10-20-15/h3-8,10H,9H2,1-2H3,(H,21,23). The number of likely N-dealkylation sites (N-methyl/N-ethyl adjacent to an activating group) is 1. The molecule has 0 atom stereocenters. The van der Waals surface area contributed by atoms with Gasteiger partial charge in [-0.05, 0) is 48.9 Å². The first-order valence-electron chi connectivity index (χ1n) is 7.59. The average molecular weight is 418 g/mol. The molecule has 0 bridgehead atoms. The van der Waals surface area contributed by atoms with Crippen LogP contribution in [0.3, 0.4) is 0 Å². The van der Waals surface area contributed by atoms with Crippen molar-refractivity contribution >= 4 is 55.0 Å². The number of amides is 2. The van der Waals surface area contributed by atoms with Crippen LogP contribution in [0.4, 0.5) is 5.69 Å². The van der Waals surface area contributed by atoms with E-state index in [1.807, 2.05) is 37.3 Å². The molecule has 0 aliphatic heterocycles. The highest BCUT2D eigenvalue weighted by molar-refractivity contribution is 9.10. The van der Waals surface area contributed by atoms with Crippen molar-refractivity contribution in [1.82, 2.24) is 9.88 Å². The molecule has 2 amide bonds. The van der Waals surface area contributed by atoms with Crippen LogP contribution in [0.25, 0.3) is 10.2 Å². The van der Waals surface area contributed by atoms with Crippen LogP contribution in [0, 0.1) is 6.92 Å². The van der Waals surface area contributed by atoms with E-state index >= 15 is 0 Å². The summed E-state index contributed by atoms with van der Waals surface area (Å²) in [6, 6.07) is 11.0. The topological polar surface area (TPSA) is 62.3 Å². The largest absolute Gasteiger partial charge is 0.332 e. The van der Waals surface area contributed by atoms with Gasteiger partial charge in [0, 0.05) is 22.8 Å². The second-order valence-corrected chi connectivity index (χ2v) is 7.51. The number of anilines is 1. The number of benzene rings is 2. The molecule has 1 N–H and O–H groups in total. The van der Waals surface area contributed by atoms with Crippen molar-refractivity contribution in [3.8, 4) is 0 Å². The van der Waals surface area contributed by atoms with Gasteiger partial charge in [-0.2, -0.15) is 0 Å². The number of nitrogens with one attached hydrogen (secondary N) is 1. The fourth-order valence-electron chi connectivity index (χ4n) is 2.45. The van der Waals surface area contributed by atoms with E-state index in [4.69, 9.17) is 0 Å². The second-order valence-electron chi connectivity index (χ2n) is 5.70. The van der Waals surface area contributed by atoms with Gasteiger partial charge in [0.05, 0.1) is 22.3 Å². The molecule has 0 aliphatic carbocycles. The van der Waals surface area contributed by atoms with E-state index < -0.39 is 0 Å². The lowest BCUT2D eigenvalue weighted by molar-refractivity contribution is -0.116. The molecule has 0 aliphatic rings. The molecular weight excluding hydrogens is 402 g/mol. The van der Waals surface area contributed by atoms with Crippen LogP contribution in [0.2, 0.25) is 0 Å². The Kier molecular flexibility index (Phi) is 5.15. The van der Waals surface area contributed by atoms with Gasteiger partial charge < -0.3 is 10.2 Å². The van der Waals surface area contributed by atoms with Crippen molar-refractivity contribution in [2.75, 3.05) is 18.9 Å². The molecule has 2 aromatic carbocycles. The zero-order chi connectivity index (χ0) is 18.0. The number of nitrogens with zero attached hydrogens (tertiary/aromatic N) is 2. The summed E-state index contributed by atoms with van der Waals surface area (Å²) < 4.78 is 1.91. The zero-order valence-corrected chi connectivity index (χ0v) is 16.1. The lowest BCUT2D eigenvalue weighted by Gasteiger charge is -2.17. The Morgan fingerprint density at radius 3 is 2.80 bits per heavy atom. The third-order valence-corrected chi connectivity index (χ3v) is 5.05. The second kappa shape index (κ2) is 7.33. The Balaban J connectivity index is 1.66. The normalized spacial score (nSPS) is 10.7. The maximum atomic E-state index is 12.5. The predicted octanol–water partition coefficient (Wildman–Crippen LogP) is 4.08. The van der Waals surface area contributed by atoms with Crippen molar-refractivity contribution in [2.45, 2.75) is 6.92 Å². The van der Waals surface area contributed by atoms with Crippen molar-refractivity contribution in [3.63, 3.8) is 0 Å². The van der Waals surface area contributed by atoms with Gasteiger partial charge in [0.1, 0.15) is 0 Å². The Bertz CT molecular complexity index is 954. The maximum Gasteiger partial charge on any atom is 0.254 e. The lowest BCUT2D eigenvalue weighted by atomic mass is 10.2. The summed E-state index contributed by atoms with van der Waals surface area (Å²) >= 11 is 4.88. The van der Waals surface area contributed by atoms with Crippen molar-refractivity contribution in [2.24, 2.45) is 0 Å². The van der Waals surface area contributed by atoms with Crippen LogP contribution in [0.1, 0.15) is 15.9 Å². The van der Waals surface area contributed by atoms with E-state index in [2.05, 4.69) is 26.2 Å². The van der Waals surface area contributed by atoms with Crippen LogP contribution in [-0.4, -0.2) is 35.3 Å². The van der Waals surface area contributed by atoms with Crippen LogP contribution < -0.4 is 5.32 Å². The molecule has 3 rings (SSSR count). The highest BCUT2D eigenvalue weighted by atomic mass is 79.9. The molecule has 0 spiro atoms. The fourth-order valence-corrected chi connectivity index (χ4v) is 3.64. The van der Waals surface area contributed by atoms with E-state index in [1.54, 1.807) is 18.6 Å². The Morgan fingerprint density at radius 2 is 2.04 bits per heavy atom. The van der Waals surface area contributed by atoms with Gasteiger partial charge in [-0.15, -0.1) is 11.3 Å². The maximum absolute atomic E-state index is 12.5. The molecule has 0 fully saturated rings. The Hall–Kier alpha value is -2.25. The number of carbonyl (C=O) groups excluding carboxylic acids is 2. The summed E-state index contributed by atoms with van der Waals surface area (Å²) in [5.41, 5.74) is 4.85. The van der Waals surface area contributed by atoms with E-state index in [1.165, 1.54) is 16.2 Å². The Labute approximate surface area is 157 Å². The number of rotatable bonds is 4. The summed E-state index contributed by atoms with van der Waals surface area (Å²) in [6.45, 7) is 1.90. The van der Waals surface area contributed by atoms with Crippen LogP contribution in [0.15, 0.2) is 46.4 Å². The molecule has 3 aromatic rings. The van der Waals surface area contributed by atoms with Crippen LogP contribution in [-0.2, 0) is 4.79 Å². The van der Waals surface area contributed by atoms with Crippen molar-refractivity contribution < 1.29 is 9.59 Å². The molecule has 7 heteroatoms. The van der Waals surface area contributed by atoms with Gasteiger partial charge in [-0.1, -0.05) is 15.9 Å². The van der Waals surface area contributed by atoms with Gasteiger partial charge in [0.2, 0.25) is 5.91 Å². The average Bonchev–Trinajstić information content (AvgIpc) is 3.04. The quantitative estimate of drug-likeness (QED) is 0.695. The van der Waals surface area contributed by atoms with E-state index in [0.717, 1.165) is 25.9 Å². The molecule has 5 nitrogen and oxygen atoms in total. The minimum absolute atomic E-state index is 0.0188. The first-order valence-corrected chi connectivity index (χ1v) is 9.26. The van der Waals surface area contributed by atoms with E-state index in [9.17, 15) is 9.59 Å². The van der Waals surface area contributed by atoms with Gasteiger partial charge in [0.15, 0.2) is 0 Å². The highest BCUT2D eigenvalue weighted by Gasteiger charge is 2.16. The number of fused-ring (bicyclic) bond motifs is 1. The smallest absolute Gasteiger partial charge is 0.254 e. The first kappa shape index (κ1) is 17.6. The van der Waals surface area contributed by atoms with Gasteiger partial charge in [0.25, 0.3) is 5.91 Å². The number of aryl methyl sites for hydroxylation is 1. The molecular formula is C18H16BrN3O2S. The number of hydrogen-bond acceptors (Lipinski definition) is 4. The van der Waals surface area contributed by atoms with Gasteiger partial charge >= 0.3 is 0 Å². The molecule has 1 heterocycles. The monoisotopic (exact) mass is 417 g/mol. The molecule has 0 saturated carbocycles. The van der Waals surface area contributed by atoms with Crippen molar-refractivity contribution in [3.05, 3.63) is 57.5 Å². The fraction of sp³-hybridized carbons (Fsp3) is 0.167. The van der Waals surface area contributed by atoms with Crippen molar-refractivity contribution in [1.29, 1.82) is 0 Å². The molecule has 0 unspecified atom stereocenters. The molecule has 128 valence electrons. The summed E-state index contributed by atoms with van der Waals surface area (Å²) in [4.78, 5) is 30.4. The summed E-state index contributed by atoms with van der Waals surface area (Å²) in [6.07, 6.45) is 0. The highest BCUT2D eigenvalue weighted by Crippen LogP contribution is 2.21. The number of halogens is 1. The Morgan fingerprint density at radius 1 is 1.24 bits per heavy atom. The molecule has 0 radical (unpaired) electrons. The lowest BCUT2D eigenvalue weighted by Crippen LogP contribution is -2.35. The summed E-state index contributed by atoms with van der Waals surface area (Å²) in [5.74, 6) is -0.432. The molecule has 0 saturated heterocycles. The summed E-state index contributed by atoms with van der Waals surface area (Å²) in [5, 5.41) is 2.84. The molecule has 25 heavy (non-hydrogen) atoms. The van der Waals surface area contributed by atoms with Gasteiger partial charge in [-0.3, -0.25) is 9.59 Å². The van der Waals surface area contributed by atoms with E-state index in [0.29, 0.717) is 5.56 Å². The third-order valence-electron chi connectivity index (χ3n) is 3.77. The number of thiazole rings is 1.